The molecule has 3 aliphatic heterocycles. The van der Waals surface area contributed by atoms with Gasteiger partial charge in [-0.1, -0.05) is 12.1 Å². The Balaban J connectivity index is 1.33. The highest BCUT2D eigenvalue weighted by molar-refractivity contribution is 6.05. The maximum Gasteiger partial charge on any atom is 0.255 e. The summed E-state index contributed by atoms with van der Waals surface area (Å²) >= 11 is 0. The third-order valence-electron chi connectivity index (χ3n) is 6.29. The SMILES string of the molecule is O=C1CCC(N2Cc3c(CNc4cn[nH]c4C4CCNC4)cccc3C2=O)C(=O)N1. The van der Waals surface area contributed by atoms with Gasteiger partial charge in [-0.15, -0.1) is 0 Å². The molecule has 9 heteroatoms. The molecule has 2 unspecified atom stereocenters. The molecule has 0 radical (unpaired) electrons. The number of carbonyl (C=O) groups excluding carboxylic acids is 3. The van der Waals surface area contributed by atoms with E-state index in [0.29, 0.717) is 31.0 Å². The standard InChI is InChI=1S/C21H24N6O3/c28-18-5-4-17(20(29)25-18)27-11-15-12(2-1-3-14(15)21(27)30)9-23-16-10-24-26-19(16)13-6-7-22-8-13/h1-3,10,13,17,22-23H,4-9,11H2,(H,24,26)(H,25,28,29). The summed E-state index contributed by atoms with van der Waals surface area (Å²) in [6, 6.07) is 5.09. The monoisotopic (exact) mass is 408 g/mol. The first-order valence-corrected chi connectivity index (χ1v) is 10.3. The van der Waals surface area contributed by atoms with E-state index in [1.807, 2.05) is 12.1 Å². The average Bonchev–Trinajstić information content (AvgIpc) is 3.47. The van der Waals surface area contributed by atoms with Crippen LogP contribution in [0.2, 0.25) is 0 Å². The molecule has 156 valence electrons. The largest absolute Gasteiger partial charge is 0.378 e. The number of amides is 3. The average molecular weight is 408 g/mol. The molecule has 3 aliphatic rings. The highest BCUT2D eigenvalue weighted by atomic mass is 16.2. The predicted molar refractivity (Wildman–Crippen MR) is 109 cm³/mol. The van der Waals surface area contributed by atoms with Crippen LogP contribution >= 0.6 is 0 Å². The molecule has 0 saturated carbocycles. The number of aromatic nitrogens is 2. The maximum atomic E-state index is 13.0. The normalized spacial score (nSPS) is 23.6. The van der Waals surface area contributed by atoms with Gasteiger partial charge in [0.15, 0.2) is 0 Å². The van der Waals surface area contributed by atoms with Gasteiger partial charge in [-0.05, 0) is 36.6 Å². The third-order valence-corrected chi connectivity index (χ3v) is 6.29. The summed E-state index contributed by atoms with van der Waals surface area (Å²) in [6.07, 6.45) is 3.50. The Morgan fingerprint density at radius 3 is 2.90 bits per heavy atom. The van der Waals surface area contributed by atoms with Gasteiger partial charge >= 0.3 is 0 Å². The first kappa shape index (κ1) is 18.8. The van der Waals surface area contributed by atoms with Gasteiger partial charge in [0.1, 0.15) is 6.04 Å². The van der Waals surface area contributed by atoms with Crippen LogP contribution < -0.4 is 16.0 Å². The number of aromatic amines is 1. The zero-order chi connectivity index (χ0) is 20.7. The van der Waals surface area contributed by atoms with Crippen LogP contribution in [0.25, 0.3) is 0 Å². The molecule has 4 N–H and O–H groups in total. The highest BCUT2D eigenvalue weighted by Crippen LogP contribution is 2.31. The van der Waals surface area contributed by atoms with Crippen molar-refractivity contribution in [3.05, 3.63) is 46.8 Å². The fourth-order valence-electron chi connectivity index (χ4n) is 4.66. The first-order chi connectivity index (χ1) is 14.6. The molecule has 9 nitrogen and oxygen atoms in total. The quantitative estimate of drug-likeness (QED) is 0.545. The summed E-state index contributed by atoms with van der Waals surface area (Å²) in [5, 5.41) is 16.5. The molecule has 5 rings (SSSR count). The number of imide groups is 1. The fourth-order valence-corrected chi connectivity index (χ4v) is 4.66. The van der Waals surface area contributed by atoms with Gasteiger partial charge in [0.25, 0.3) is 5.91 Å². The van der Waals surface area contributed by atoms with Crippen LogP contribution in [0.5, 0.6) is 0 Å². The molecule has 1 aromatic heterocycles. The molecule has 0 aliphatic carbocycles. The first-order valence-electron chi connectivity index (χ1n) is 10.3. The number of nitrogens with zero attached hydrogens (tertiary/aromatic N) is 2. The lowest BCUT2D eigenvalue weighted by molar-refractivity contribution is -0.136. The number of benzene rings is 1. The van der Waals surface area contributed by atoms with Crippen molar-refractivity contribution >= 4 is 23.4 Å². The van der Waals surface area contributed by atoms with E-state index in [2.05, 4.69) is 26.1 Å². The molecule has 30 heavy (non-hydrogen) atoms. The summed E-state index contributed by atoms with van der Waals surface area (Å²) in [4.78, 5) is 38.3. The van der Waals surface area contributed by atoms with Crippen LogP contribution in [0, 0.1) is 0 Å². The number of carbonyl (C=O) groups is 3. The van der Waals surface area contributed by atoms with Crippen molar-refractivity contribution in [2.75, 3.05) is 18.4 Å². The van der Waals surface area contributed by atoms with Crippen LogP contribution in [0.3, 0.4) is 0 Å². The number of H-pyrrole nitrogens is 1. The van der Waals surface area contributed by atoms with Gasteiger partial charge in [-0.25, -0.2) is 0 Å². The van der Waals surface area contributed by atoms with Crippen LogP contribution in [0.15, 0.2) is 24.4 Å². The van der Waals surface area contributed by atoms with Crippen LogP contribution in [-0.2, 0) is 22.7 Å². The van der Waals surface area contributed by atoms with Crippen LogP contribution in [0.1, 0.15) is 52.4 Å². The van der Waals surface area contributed by atoms with Gasteiger partial charge in [-0.3, -0.25) is 24.8 Å². The second-order valence-electron chi connectivity index (χ2n) is 8.08. The van der Waals surface area contributed by atoms with Gasteiger partial charge in [0.2, 0.25) is 11.8 Å². The van der Waals surface area contributed by atoms with E-state index >= 15 is 0 Å². The number of hydrogen-bond acceptors (Lipinski definition) is 6. The molecular formula is C21H24N6O3. The van der Waals surface area contributed by atoms with Crippen molar-refractivity contribution in [2.24, 2.45) is 0 Å². The van der Waals surface area contributed by atoms with Crippen molar-refractivity contribution < 1.29 is 14.4 Å². The second kappa shape index (κ2) is 7.56. The highest BCUT2D eigenvalue weighted by Gasteiger charge is 2.39. The summed E-state index contributed by atoms with van der Waals surface area (Å²) in [7, 11) is 0. The Morgan fingerprint density at radius 2 is 2.10 bits per heavy atom. The molecule has 2 atom stereocenters. The van der Waals surface area contributed by atoms with E-state index < -0.39 is 6.04 Å². The summed E-state index contributed by atoms with van der Waals surface area (Å²) in [5.41, 5.74) is 4.67. The molecule has 0 bridgehead atoms. The summed E-state index contributed by atoms with van der Waals surface area (Å²) in [5.74, 6) is -0.401. The van der Waals surface area contributed by atoms with E-state index in [0.717, 1.165) is 42.0 Å². The van der Waals surface area contributed by atoms with Crippen molar-refractivity contribution in [3.63, 3.8) is 0 Å². The Morgan fingerprint density at radius 1 is 1.20 bits per heavy atom. The summed E-state index contributed by atoms with van der Waals surface area (Å²) in [6.45, 7) is 2.88. The number of anilines is 1. The minimum Gasteiger partial charge on any atom is -0.378 e. The minimum absolute atomic E-state index is 0.151. The molecule has 2 fully saturated rings. The maximum absolute atomic E-state index is 13.0. The lowest BCUT2D eigenvalue weighted by atomic mass is 10.0. The second-order valence-corrected chi connectivity index (χ2v) is 8.08. The Bertz CT molecular complexity index is 1010. The zero-order valence-electron chi connectivity index (χ0n) is 16.5. The number of hydrogen-bond donors (Lipinski definition) is 4. The van der Waals surface area contributed by atoms with Gasteiger partial charge < -0.3 is 15.5 Å². The Labute approximate surface area is 173 Å². The van der Waals surface area contributed by atoms with Gasteiger partial charge in [-0.2, -0.15) is 5.10 Å². The van der Waals surface area contributed by atoms with Crippen LogP contribution in [0.4, 0.5) is 5.69 Å². The fraction of sp³-hybridized carbons (Fsp3) is 0.429. The number of nitrogens with one attached hydrogen (secondary N) is 4. The van der Waals surface area contributed by atoms with Gasteiger partial charge in [0, 0.05) is 37.5 Å². The predicted octanol–water partition coefficient (Wildman–Crippen LogP) is 0.860. The van der Waals surface area contributed by atoms with Crippen molar-refractivity contribution in [3.8, 4) is 0 Å². The lowest BCUT2D eigenvalue weighted by Gasteiger charge is -2.29. The Kier molecular flexibility index (Phi) is 4.74. The van der Waals surface area contributed by atoms with Crippen molar-refractivity contribution in [1.82, 2.24) is 25.7 Å². The smallest absolute Gasteiger partial charge is 0.255 e. The summed E-state index contributed by atoms with van der Waals surface area (Å²) < 4.78 is 0. The van der Waals surface area contributed by atoms with Crippen LogP contribution in [-0.4, -0.2) is 52.0 Å². The molecule has 2 saturated heterocycles. The van der Waals surface area contributed by atoms with E-state index in [9.17, 15) is 14.4 Å². The van der Waals surface area contributed by atoms with Crippen molar-refractivity contribution in [1.29, 1.82) is 0 Å². The van der Waals surface area contributed by atoms with E-state index in [4.69, 9.17) is 0 Å². The number of piperidine rings is 1. The molecule has 0 spiro atoms. The topological polar surface area (TPSA) is 119 Å². The number of fused-ring (bicyclic) bond motifs is 1. The van der Waals surface area contributed by atoms with Crippen molar-refractivity contribution in [2.45, 2.75) is 44.3 Å². The molecule has 4 heterocycles. The molecule has 1 aromatic carbocycles. The molecular weight excluding hydrogens is 384 g/mol. The van der Waals surface area contributed by atoms with E-state index in [-0.39, 0.29) is 24.1 Å². The third kappa shape index (κ3) is 3.24. The minimum atomic E-state index is -0.598. The Hall–Kier alpha value is -3.20. The zero-order valence-corrected chi connectivity index (χ0v) is 16.5. The molecule has 3 amide bonds. The number of rotatable bonds is 5. The van der Waals surface area contributed by atoms with Gasteiger partial charge in [0.05, 0.1) is 17.6 Å². The lowest BCUT2D eigenvalue weighted by Crippen LogP contribution is -2.52. The van der Waals surface area contributed by atoms with E-state index in [1.165, 1.54) is 0 Å². The molecule has 2 aromatic rings. The van der Waals surface area contributed by atoms with E-state index in [1.54, 1.807) is 17.2 Å².